The van der Waals surface area contributed by atoms with Crippen molar-refractivity contribution < 1.29 is 24.2 Å². The Hall–Kier alpha value is -2.61. The van der Waals surface area contributed by atoms with Gasteiger partial charge >= 0.3 is 6.09 Å². The van der Waals surface area contributed by atoms with Crippen molar-refractivity contribution in [1.82, 2.24) is 10.6 Å². The van der Waals surface area contributed by atoms with Gasteiger partial charge in [0, 0.05) is 6.54 Å². The predicted molar refractivity (Wildman–Crippen MR) is 95.8 cm³/mol. The summed E-state index contributed by atoms with van der Waals surface area (Å²) in [6.45, 7) is 3.77. The van der Waals surface area contributed by atoms with E-state index in [-0.39, 0.29) is 25.5 Å². The van der Waals surface area contributed by atoms with Gasteiger partial charge in [-0.3, -0.25) is 9.59 Å². The Bertz CT molecular complexity index is 592. The molecule has 1 rings (SSSR count). The second-order valence-corrected chi connectivity index (χ2v) is 6.45. The summed E-state index contributed by atoms with van der Waals surface area (Å²) in [6.07, 6.45) is -1.64. The van der Waals surface area contributed by atoms with Crippen molar-refractivity contribution in [2.45, 2.75) is 45.4 Å². The minimum atomic E-state index is -1.10. The molecule has 8 heteroatoms. The first-order chi connectivity index (χ1) is 12.3. The standard InChI is InChI=1S/C18H27N3O5/c1-12(2)8-15(17(19)24)21-16(23)9-14(22)10-20-18(25)26-11-13-6-4-3-5-7-13/h3-7,12,14-15,22H,8-11H2,1-2H3,(H2,19,24)(H,20,25)(H,21,23)/t14-,15+/m1/s1. The fraction of sp³-hybridized carbons (Fsp3) is 0.500. The van der Waals surface area contributed by atoms with E-state index in [0.717, 1.165) is 5.56 Å². The van der Waals surface area contributed by atoms with Crippen LogP contribution >= 0.6 is 0 Å². The summed E-state index contributed by atoms with van der Waals surface area (Å²) in [5, 5.41) is 14.7. The van der Waals surface area contributed by atoms with Crippen LogP contribution in [0.5, 0.6) is 0 Å². The second kappa shape index (κ2) is 11.1. The van der Waals surface area contributed by atoms with E-state index < -0.39 is 30.1 Å². The highest BCUT2D eigenvalue weighted by atomic mass is 16.5. The second-order valence-electron chi connectivity index (χ2n) is 6.45. The zero-order valence-corrected chi connectivity index (χ0v) is 15.1. The molecule has 0 saturated heterocycles. The molecule has 0 heterocycles. The maximum absolute atomic E-state index is 11.9. The Balaban J connectivity index is 2.29. The molecular weight excluding hydrogens is 338 g/mol. The molecule has 1 aromatic carbocycles. The van der Waals surface area contributed by atoms with E-state index in [1.807, 2.05) is 44.2 Å². The first-order valence-corrected chi connectivity index (χ1v) is 8.49. The summed E-state index contributed by atoms with van der Waals surface area (Å²) in [7, 11) is 0. The lowest BCUT2D eigenvalue weighted by atomic mass is 10.0. The number of aliphatic hydroxyl groups is 1. The normalized spacial score (nSPS) is 12.9. The van der Waals surface area contributed by atoms with Crippen LogP contribution in [0.15, 0.2) is 30.3 Å². The Morgan fingerprint density at radius 3 is 2.42 bits per heavy atom. The van der Waals surface area contributed by atoms with E-state index >= 15 is 0 Å². The molecule has 0 unspecified atom stereocenters. The zero-order chi connectivity index (χ0) is 19.5. The summed E-state index contributed by atoms with van der Waals surface area (Å²) in [5.74, 6) is -0.954. The van der Waals surface area contributed by atoms with Crippen LogP contribution in [0.4, 0.5) is 4.79 Å². The number of nitrogens with one attached hydrogen (secondary N) is 2. The molecule has 1 aromatic rings. The van der Waals surface area contributed by atoms with Gasteiger partial charge in [-0.2, -0.15) is 0 Å². The van der Waals surface area contributed by atoms with Crippen LogP contribution in [-0.2, 0) is 20.9 Å². The number of carbonyl (C=O) groups is 3. The van der Waals surface area contributed by atoms with Gasteiger partial charge in [0.25, 0.3) is 0 Å². The third kappa shape index (κ3) is 9.03. The Morgan fingerprint density at radius 2 is 1.85 bits per heavy atom. The Morgan fingerprint density at radius 1 is 1.19 bits per heavy atom. The predicted octanol–water partition coefficient (Wildman–Crippen LogP) is 0.680. The number of hydrogen-bond acceptors (Lipinski definition) is 5. The van der Waals surface area contributed by atoms with Crippen molar-refractivity contribution in [2.24, 2.45) is 11.7 Å². The number of alkyl carbamates (subject to hydrolysis) is 1. The topological polar surface area (TPSA) is 131 Å². The highest BCUT2D eigenvalue weighted by Gasteiger charge is 2.21. The molecule has 0 aliphatic carbocycles. The van der Waals surface area contributed by atoms with Gasteiger partial charge in [0.1, 0.15) is 12.6 Å². The Labute approximate surface area is 153 Å². The van der Waals surface area contributed by atoms with Crippen molar-refractivity contribution in [3.63, 3.8) is 0 Å². The number of rotatable bonds is 10. The van der Waals surface area contributed by atoms with Gasteiger partial charge in [0.15, 0.2) is 0 Å². The highest BCUT2D eigenvalue weighted by molar-refractivity contribution is 5.86. The molecule has 5 N–H and O–H groups in total. The number of benzene rings is 1. The van der Waals surface area contributed by atoms with E-state index in [4.69, 9.17) is 10.5 Å². The van der Waals surface area contributed by atoms with E-state index in [9.17, 15) is 19.5 Å². The molecule has 0 aliphatic heterocycles. The monoisotopic (exact) mass is 365 g/mol. The maximum atomic E-state index is 11.9. The molecule has 3 amide bonds. The molecule has 0 bridgehead atoms. The van der Waals surface area contributed by atoms with E-state index in [2.05, 4.69) is 10.6 Å². The van der Waals surface area contributed by atoms with E-state index in [1.165, 1.54) is 0 Å². The lowest BCUT2D eigenvalue weighted by Crippen LogP contribution is -2.46. The van der Waals surface area contributed by atoms with Gasteiger partial charge in [-0.05, 0) is 17.9 Å². The molecule has 0 radical (unpaired) electrons. The van der Waals surface area contributed by atoms with Crippen molar-refractivity contribution in [3.8, 4) is 0 Å². The molecule has 0 aromatic heterocycles. The molecule has 2 atom stereocenters. The molecule has 0 saturated carbocycles. The minimum Gasteiger partial charge on any atom is -0.445 e. The number of hydrogen-bond donors (Lipinski definition) is 4. The summed E-state index contributed by atoms with van der Waals surface area (Å²) >= 11 is 0. The fourth-order valence-electron chi connectivity index (χ4n) is 2.23. The average molecular weight is 365 g/mol. The first kappa shape index (κ1) is 21.4. The largest absolute Gasteiger partial charge is 0.445 e. The van der Waals surface area contributed by atoms with Crippen LogP contribution in [0, 0.1) is 5.92 Å². The van der Waals surface area contributed by atoms with Gasteiger partial charge in [-0.1, -0.05) is 44.2 Å². The van der Waals surface area contributed by atoms with E-state index in [1.54, 1.807) is 0 Å². The zero-order valence-electron chi connectivity index (χ0n) is 15.1. The van der Waals surface area contributed by atoms with Gasteiger partial charge in [0.2, 0.25) is 11.8 Å². The number of ether oxygens (including phenoxy) is 1. The number of carbonyl (C=O) groups excluding carboxylic acids is 3. The number of primary amides is 1. The molecule has 26 heavy (non-hydrogen) atoms. The van der Waals surface area contributed by atoms with Crippen LogP contribution < -0.4 is 16.4 Å². The van der Waals surface area contributed by atoms with Crippen molar-refractivity contribution in [1.29, 1.82) is 0 Å². The SMILES string of the molecule is CC(C)C[C@H](NC(=O)C[C@@H](O)CNC(=O)OCc1ccccc1)C(N)=O. The molecule has 0 fully saturated rings. The number of nitrogens with two attached hydrogens (primary N) is 1. The summed E-state index contributed by atoms with van der Waals surface area (Å²) < 4.78 is 5.00. The average Bonchev–Trinajstić information content (AvgIpc) is 2.58. The highest BCUT2D eigenvalue weighted by Crippen LogP contribution is 2.05. The molecule has 144 valence electrons. The fourth-order valence-corrected chi connectivity index (χ4v) is 2.23. The van der Waals surface area contributed by atoms with Gasteiger partial charge < -0.3 is 26.2 Å². The summed E-state index contributed by atoms with van der Waals surface area (Å²) in [4.78, 5) is 34.8. The number of amides is 3. The maximum Gasteiger partial charge on any atom is 0.407 e. The molecule has 0 aliphatic rings. The van der Waals surface area contributed by atoms with Crippen molar-refractivity contribution in [3.05, 3.63) is 35.9 Å². The smallest absolute Gasteiger partial charge is 0.407 e. The van der Waals surface area contributed by atoms with Gasteiger partial charge in [-0.15, -0.1) is 0 Å². The third-order valence-corrected chi connectivity index (χ3v) is 3.50. The third-order valence-electron chi connectivity index (χ3n) is 3.50. The van der Waals surface area contributed by atoms with Gasteiger partial charge in [0.05, 0.1) is 12.5 Å². The molecule has 0 spiro atoms. The van der Waals surface area contributed by atoms with Crippen LogP contribution in [0.1, 0.15) is 32.3 Å². The Kier molecular flexibility index (Phi) is 9.14. The summed E-state index contributed by atoms with van der Waals surface area (Å²) in [5.41, 5.74) is 6.09. The van der Waals surface area contributed by atoms with E-state index in [0.29, 0.717) is 6.42 Å². The minimum absolute atomic E-state index is 0.110. The lowest BCUT2D eigenvalue weighted by Gasteiger charge is -2.18. The molecular formula is C18H27N3O5. The van der Waals surface area contributed by atoms with Crippen molar-refractivity contribution in [2.75, 3.05) is 6.54 Å². The summed E-state index contributed by atoms with van der Waals surface area (Å²) in [6, 6.07) is 8.38. The lowest BCUT2D eigenvalue weighted by molar-refractivity contribution is -0.128. The van der Waals surface area contributed by atoms with Crippen LogP contribution in [0.2, 0.25) is 0 Å². The van der Waals surface area contributed by atoms with Gasteiger partial charge in [-0.25, -0.2) is 4.79 Å². The number of aliphatic hydroxyl groups excluding tert-OH is 1. The van der Waals surface area contributed by atoms with Crippen LogP contribution in [-0.4, -0.2) is 41.7 Å². The quantitative estimate of drug-likeness (QED) is 0.484. The first-order valence-electron chi connectivity index (χ1n) is 8.49. The van der Waals surface area contributed by atoms with Crippen molar-refractivity contribution >= 4 is 17.9 Å². The molecule has 8 nitrogen and oxygen atoms in total. The van der Waals surface area contributed by atoms with Crippen LogP contribution in [0.3, 0.4) is 0 Å². The van der Waals surface area contributed by atoms with Crippen LogP contribution in [0.25, 0.3) is 0 Å².